The first-order chi connectivity index (χ1) is 22.5. The maximum absolute atomic E-state index is 13.2. The number of ether oxygens (including phenoxy) is 1. The molecule has 4 atom stereocenters. The summed E-state index contributed by atoms with van der Waals surface area (Å²) >= 11 is 0. The van der Waals surface area contributed by atoms with Crippen LogP contribution in [-0.4, -0.2) is 93.8 Å². The SMILES string of the molecule is CC(=O)N1CC(c2ccc(NC(=O)Nc3ccc(O)cc3)cc2)CC1C(=O)NC(COCCC(NC(=O)CC(C)(C)C)C(=O)O)C(=O)O. The Balaban J connectivity index is 1.54. The average molecular weight is 670 g/mol. The van der Waals surface area contributed by atoms with Gasteiger partial charge < -0.3 is 46.2 Å². The zero-order valence-electron chi connectivity index (χ0n) is 27.3. The number of amides is 5. The molecule has 0 spiro atoms. The van der Waals surface area contributed by atoms with Gasteiger partial charge in [0.2, 0.25) is 17.7 Å². The van der Waals surface area contributed by atoms with Crippen LogP contribution in [0.25, 0.3) is 0 Å². The molecule has 0 radical (unpaired) electrons. The molecular weight excluding hydrogens is 626 g/mol. The molecule has 1 heterocycles. The van der Waals surface area contributed by atoms with Gasteiger partial charge in [0.05, 0.1) is 6.61 Å². The van der Waals surface area contributed by atoms with E-state index in [4.69, 9.17) is 4.74 Å². The summed E-state index contributed by atoms with van der Waals surface area (Å²) in [7, 11) is 0. The molecule has 1 saturated heterocycles. The average Bonchev–Trinajstić information content (AvgIpc) is 3.44. The first kappa shape index (κ1) is 37.3. The highest BCUT2D eigenvalue weighted by atomic mass is 16.5. The van der Waals surface area contributed by atoms with Gasteiger partial charge in [-0.25, -0.2) is 14.4 Å². The van der Waals surface area contributed by atoms with Gasteiger partial charge in [0.25, 0.3) is 0 Å². The highest BCUT2D eigenvalue weighted by molar-refractivity contribution is 5.99. The number of rotatable bonds is 14. The number of carbonyl (C=O) groups excluding carboxylic acids is 4. The van der Waals surface area contributed by atoms with E-state index >= 15 is 0 Å². The van der Waals surface area contributed by atoms with Gasteiger partial charge in [-0.1, -0.05) is 32.9 Å². The number of carbonyl (C=O) groups is 6. The maximum Gasteiger partial charge on any atom is 0.328 e. The number of phenolic OH excluding ortho intramolecular Hbond substituents is 1. The van der Waals surface area contributed by atoms with E-state index in [1.165, 1.54) is 24.0 Å². The zero-order chi connectivity index (χ0) is 35.6. The molecular formula is C33H43N5O10. The molecule has 1 aliphatic rings. The minimum Gasteiger partial charge on any atom is -0.508 e. The number of benzene rings is 2. The number of hydrogen-bond donors (Lipinski definition) is 7. The number of anilines is 2. The van der Waals surface area contributed by atoms with Gasteiger partial charge in [0.1, 0.15) is 17.8 Å². The van der Waals surface area contributed by atoms with E-state index in [1.54, 1.807) is 36.4 Å². The van der Waals surface area contributed by atoms with Crippen LogP contribution in [0.4, 0.5) is 16.2 Å². The van der Waals surface area contributed by atoms with Crippen molar-refractivity contribution in [3.8, 4) is 5.75 Å². The zero-order valence-corrected chi connectivity index (χ0v) is 27.3. The molecule has 0 aromatic heterocycles. The number of likely N-dealkylation sites (tertiary alicyclic amines) is 1. The summed E-state index contributed by atoms with van der Waals surface area (Å²) < 4.78 is 5.39. The van der Waals surface area contributed by atoms with E-state index < -0.39 is 54.5 Å². The molecule has 48 heavy (non-hydrogen) atoms. The minimum absolute atomic E-state index is 0.0705. The van der Waals surface area contributed by atoms with Crippen LogP contribution in [-0.2, 0) is 28.7 Å². The summed E-state index contributed by atoms with van der Waals surface area (Å²) in [6.45, 7) is 6.40. The number of phenols is 1. The monoisotopic (exact) mass is 669 g/mol. The van der Waals surface area contributed by atoms with Gasteiger partial charge in [-0.15, -0.1) is 0 Å². The fourth-order valence-corrected chi connectivity index (χ4v) is 5.18. The van der Waals surface area contributed by atoms with Crippen molar-refractivity contribution in [1.29, 1.82) is 0 Å². The number of nitrogens with zero attached hydrogens (tertiary/aromatic N) is 1. The Morgan fingerprint density at radius 2 is 1.44 bits per heavy atom. The predicted molar refractivity (Wildman–Crippen MR) is 174 cm³/mol. The largest absolute Gasteiger partial charge is 0.508 e. The topological polar surface area (TPSA) is 224 Å². The second-order valence-corrected chi connectivity index (χ2v) is 12.8. The molecule has 0 saturated carbocycles. The van der Waals surface area contributed by atoms with Gasteiger partial charge >= 0.3 is 18.0 Å². The summed E-state index contributed by atoms with van der Waals surface area (Å²) in [6, 6.07) is 8.74. The van der Waals surface area contributed by atoms with Crippen molar-refractivity contribution in [1.82, 2.24) is 15.5 Å². The van der Waals surface area contributed by atoms with Crippen LogP contribution in [0.3, 0.4) is 0 Å². The number of carboxylic acids is 2. The summed E-state index contributed by atoms with van der Waals surface area (Å²) in [5.41, 5.74) is 1.45. The molecule has 3 rings (SSSR count). The second-order valence-electron chi connectivity index (χ2n) is 12.8. The molecule has 7 N–H and O–H groups in total. The standard InChI is InChI=1S/C33H43N5O10/c1-19(39)38-17-21(20-5-7-22(8-6-20)34-32(47)35-23-9-11-24(40)12-10-23)15-27(38)29(42)37-26(31(45)46)18-48-14-13-25(30(43)44)36-28(41)16-33(2,3)4/h5-12,21,25-27,40H,13-18H2,1-4H3,(H,36,41)(H,37,42)(H,43,44)(H,45,46)(H2,34,35,47). The van der Waals surface area contributed by atoms with Gasteiger partial charge in [-0.05, 0) is 53.8 Å². The van der Waals surface area contributed by atoms with Crippen molar-refractivity contribution in [2.45, 2.75) is 71.0 Å². The predicted octanol–water partition coefficient (Wildman–Crippen LogP) is 2.72. The number of urea groups is 1. The van der Waals surface area contributed by atoms with Gasteiger partial charge in [0.15, 0.2) is 6.04 Å². The van der Waals surface area contributed by atoms with E-state index in [-0.39, 0.29) is 55.4 Å². The third-order valence-electron chi connectivity index (χ3n) is 7.55. The van der Waals surface area contributed by atoms with Crippen molar-refractivity contribution in [3.63, 3.8) is 0 Å². The lowest BCUT2D eigenvalue weighted by molar-refractivity contribution is -0.146. The number of aromatic hydroxyl groups is 1. The first-order valence-electron chi connectivity index (χ1n) is 15.4. The maximum atomic E-state index is 13.2. The Kier molecular flexibility index (Phi) is 12.9. The molecule has 1 fully saturated rings. The quantitative estimate of drug-likeness (QED) is 0.115. The highest BCUT2D eigenvalue weighted by Crippen LogP contribution is 2.33. The van der Waals surface area contributed by atoms with Crippen LogP contribution in [0.15, 0.2) is 48.5 Å². The van der Waals surface area contributed by atoms with Crippen molar-refractivity contribution < 1.29 is 48.8 Å². The minimum atomic E-state index is -1.47. The lowest BCUT2D eigenvalue weighted by atomic mass is 9.92. The molecule has 260 valence electrons. The summed E-state index contributed by atoms with van der Waals surface area (Å²) in [5.74, 6) is -4.28. The van der Waals surface area contributed by atoms with Crippen molar-refractivity contribution >= 4 is 47.1 Å². The lowest BCUT2D eigenvalue weighted by Gasteiger charge is -2.24. The third kappa shape index (κ3) is 11.6. The lowest BCUT2D eigenvalue weighted by Crippen LogP contribution is -2.52. The Labute approximate surface area is 278 Å². The molecule has 4 unspecified atom stereocenters. The van der Waals surface area contributed by atoms with Crippen LogP contribution in [0.2, 0.25) is 0 Å². The normalized spacial score (nSPS) is 17.1. The molecule has 0 bridgehead atoms. The van der Waals surface area contributed by atoms with Crippen LogP contribution in [0, 0.1) is 5.41 Å². The van der Waals surface area contributed by atoms with Crippen molar-refractivity contribution in [2.75, 3.05) is 30.4 Å². The molecule has 2 aromatic carbocycles. The van der Waals surface area contributed by atoms with E-state index in [9.17, 15) is 44.1 Å². The van der Waals surface area contributed by atoms with Crippen molar-refractivity contribution in [3.05, 3.63) is 54.1 Å². The summed E-state index contributed by atoms with van der Waals surface area (Å²) in [5, 5.41) is 38.8. The number of hydrogen-bond acceptors (Lipinski definition) is 8. The van der Waals surface area contributed by atoms with E-state index in [0.29, 0.717) is 11.4 Å². The molecule has 0 aliphatic carbocycles. The van der Waals surface area contributed by atoms with Gasteiger partial charge in [-0.3, -0.25) is 14.4 Å². The number of carboxylic acid groups (broad SMARTS) is 2. The Morgan fingerprint density at radius 3 is 1.96 bits per heavy atom. The first-order valence-corrected chi connectivity index (χ1v) is 15.4. The van der Waals surface area contributed by atoms with Crippen LogP contribution in [0.1, 0.15) is 58.4 Å². The summed E-state index contributed by atoms with van der Waals surface area (Å²) in [4.78, 5) is 75.1. The second kappa shape index (κ2) is 16.6. The molecule has 15 nitrogen and oxygen atoms in total. The smallest absolute Gasteiger partial charge is 0.328 e. The molecule has 1 aliphatic heterocycles. The van der Waals surface area contributed by atoms with Crippen LogP contribution < -0.4 is 21.3 Å². The Hall–Kier alpha value is -5.18. The molecule has 2 aromatic rings. The number of aliphatic carboxylic acids is 2. The molecule has 15 heteroatoms. The van der Waals surface area contributed by atoms with Crippen molar-refractivity contribution in [2.24, 2.45) is 5.41 Å². The Bertz CT molecular complexity index is 1470. The summed E-state index contributed by atoms with van der Waals surface area (Å²) in [6.07, 6.45) is 0.223. The van der Waals surface area contributed by atoms with Crippen LogP contribution >= 0.6 is 0 Å². The highest BCUT2D eigenvalue weighted by Gasteiger charge is 2.40. The fraction of sp³-hybridized carbons (Fsp3) is 0.455. The third-order valence-corrected chi connectivity index (χ3v) is 7.55. The number of nitrogens with one attached hydrogen (secondary N) is 4. The molecule has 5 amide bonds. The van der Waals surface area contributed by atoms with E-state index in [2.05, 4.69) is 21.3 Å². The van der Waals surface area contributed by atoms with Crippen LogP contribution in [0.5, 0.6) is 5.75 Å². The fourth-order valence-electron chi connectivity index (χ4n) is 5.18. The van der Waals surface area contributed by atoms with E-state index in [0.717, 1.165) is 5.56 Å². The van der Waals surface area contributed by atoms with Gasteiger partial charge in [0, 0.05) is 50.2 Å². The van der Waals surface area contributed by atoms with Gasteiger partial charge in [-0.2, -0.15) is 0 Å². The van der Waals surface area contributed by atoms with E-state index in [1.807, 2.05) is 20.8 Å². The Morgan fingerprint density at radius 1 is 0.875 bits per heavy atom.